The van der Waals surface area contributed by atoms with Gasteiger partial charge >= 0.3 is 110 Å². The first kappa shape index (κ1) is 12.2. The Hall–Kier alpha value is 1.15. The van der Waals surface area contributed by atoms with Crippen LogP contribution in [0.1, 0.15) is 19.8 Å². The molecule has 0 N–H and O–H groups in total. The minimum atomic E-state index is 0.608. The van der Waals surface area contributed by atoms with Crippen molar-refractivity contribution in [2.24, 2.45) is 0 Å². The summed E-state index contributed by atoms with van der Waals surface area (Å²) in [5.41, 5.74) is 3.06. The molecule has 0 saturated heterocycles. The van der Waals surface area contributed by atoms with Crippen LogP contribution in [0.3, 0.4) is 0 Å². The molecule has 2 unspecified atom stereocenters. The Morgan fingerprint density at radius 1 is 1.62 bits per heavy atom. The van der Waals surface area contributed by atoms with Gasteiger partial charge in [-0.25, -0.2) is 0 Å². The van der Waals surface area contributed by atoms with Crippen LogP contribution in [0.15, 0.2) is 23.3 Å². The van der Waals surface area contributed by atoms with Crippen molar-refractivity contribution in [3.05, 3.63) is 23.3 Å². The van der Waals surface area contributed by atoms with E-state index in [0.717, 1.165) is 11.8 Å². The summed E-state index contributed by atoms with van der Waals surface area (Å²) >= 11 is 9.54. The fourth-order valence-corrected chi connectivity index (χ4v) is 3.95. The standard InChI is InChI=1S/C10H13Br2.Ti/c1-8-3-2-4-9(8)7-10(12)5-6-11;/h2-3,7,10H,4-6H2,1H3;. The topological polar surface area (TPSA) is 0 Å². The van der Waals surface area contributed by atoms with E-state index in [4.69, 9.17) is 0 Å². The van der Waals surface area contributed by atoms with Crippen LogP contribution in [-0.2, 0) is 20.4 Å². The van der Waals surface area contributed by atoms with Crippen molar-refractivity contribution in [3.8, 4) is 0 Å². The quantitative estimate of drug-likeness (QED) is 0.533. The van der Waals surface area contributed by atoms with Crippen LogP contribution in [0.4, 0.5) is 0 Å². The molecule has 0 amide bonds. The minimum absolute atomic E-state index is 0.608. The zero-order valence-corrected chi connectivity index (χ0v) is 12.4. The molecular weight excluding hydrogens is 328 g/mol. The van der Waals surface area contributed by atoms with Crippen LogP contribution in [-0.4, -0.2) is 10.2 Å². The summed E-state index contributed by atoms with van der Waals surface area (Å²) < 4.78 is 0.660. The molecule has 0 aromatic heterocycles. The Kier molecular flexibility index (Phi) is 5.54. The first-order valence-electron chi connectivity index (χ1n) is 4.44. The molecule has 0 aromatic rings. The molecule has 0 heterocycles. The number of hydrogen-bond acceptors (Lipinski definition) is 0. The van der Waals surface area contributed by atoms with E-state index in [2.05, 4.69) is 71.4 Å². The molecule has 0 nitrogen and oxygen atoms in total. The molecule has 1 aliphatic carbocycles. The average Bonchev–Trinajstić information content (AvgIpc) is 2.50. The van der Waals surface area contributed by atoms with E-state index in [1.54, 1.807) is 5.57 Å². The molecule has 1 aliphatic rings. The number of halogens is 2. The zero-order chi connectivity index (χ0) is 9.84. The van der Waals surface area contributed by atoms with Gasteiger partial charge in [0.1, 0.15) is 0 Å². The number of hydrogen-bond donors (Lipinski definition) is 0. The SMILES string of the molecule is CC1=C([CH]([Ti])C(Br)CCBr)CC=C1. The number of rotatable bonds is 4. The molecule has 3 heteroatoms. The first-order valence-corrected chi connectivity index (χ1v) is 7.38. The first-order chi connectivity index (χ1) is 6.16. The van der Waals surface area contributed by atoms with Crippen molar-refractivity contribution in [1.82, 2.24) is 0 Å². The summed E-state index contributed by atoms with van der Waals surface area (Å²) in [6, 6.07) is 0. The molecule has 0 spiro atoms. The summed E-state index contributed by atoms with van der Waals surface area (Å²) in [4.78, 5) is 0.608. The van der Waals surface area contributed by atoms with Gasteiger partial charge in [-0.15, -0.1) is 0 Å². The van der Waals surface area contributed by atoms with Gasteiger partial charge in [0.2, 0.25) is 0 Å². The molecule has 2 atom stereocenters. The van der Waals surface area contributed by atoms with E-state index in [9.17, 15) is 0 Å². The molecule has 0 saturated carbocycles. The van der Waals surface area contributed by atoms with Gasteiger partial charge in [-0.1, -0.05) is 0 Å². The van der Waals surface area contributed by atoms with E-state index < -0.39 is 0 Å². The Morgan fingerprint density at radius 2 is 2.31 bits per heavy atom. The third kappa shape index (κ3) is 3.33. The monoisotopic (exact) mass is 339 g/mol. The molecule has 0 aromatic carbocycles. The van der Waals surface area contributed by atoms with Crippen molar-refractivity contribution < 1.29 is 20.4 Å². The number of allylic oxidation sites excluding steroid dienone is 4. The van der Waals surface area contributed by atoms with E-state index in [-0.39, 0.29) is 0 Å². The van der Waals surface area contributed by atoms with Crippen molar-refractivity contribution in [1.29, 1.82) is 0 Å². The van der Waals surface area contributed by atoms with Crippen LogP contribution in [0.2, 0.25) is 4.22 Å². The van der Waals surface area contributed by atoms with Crippen molar-refractivity contribution in [3.63, 3.8) is 0 Å². The molecule has 13 heavy (non-hydrogen) atoms. The third-order valence-corrected chi connectivity index (χ3v) is 5.71. The predicted octanol–water partition coefficient (Wildman–Crippen LogP) is 4.15. The Morgan fingerprint density at radius 3 is 2.77 bits per heavy atom. The van der Waals surface area contributed by atoms with Crippen LogP contribution in [0.25, 0.3) is 0 Å². The normalized spacial score (nSPS) is 20.8. The number of alkyl halides is 2. The second-order valence-corrected chi connectivity index (χ2v) is 6.23. The van der Waals surface area contributed by atoms with Crippen molar-refractivity contribution in [2.75, 3.05) is 5.33 Å². The second kappa shape index (κ2) is 5.90. The summed E-state index contributed by atoms with van der Waals surface area (Å²) in [7, 11) is 0. The Bertz CT molecular complexity index is 233. The molecule has 0 aliphatic heterocycles. The maximum absolute atomic E-state index is 3.75. The molecule has 71 valence electrons. The van der Waals surface area contributed by atoms with E-state index >= 15 is 0 Å². The van der Waals surface area contributed by atoms with Gasteiger partial charge < -0.3 is 0 Å². The molecule has 0 bridgehead atoms. The fraction of sp³-hybridized carbons (Fsp3) is 0.600. The van der Waals surface area contributed by atoms with Gasteiger partial charge in [-0.05, 0) is 0 Å². The molecule has 0 fully saturated rings. The van der Waals surface area contributed by atoms with Gasteiger partial charge in [-0.3, -0.25) is 0 Å². The molecule has 1 rings (SSSR count). The Balaban J connectivity index is 2.57. The van der Waals surface area contributed by atoms with Gasteiger partial charge in [0.15, 0.2) is 0 Å². The fourth-order valence-electron chi connectivity index (χ4n) is 1.49. The second-order valence-electron chi connectivity index (χ2n) is 3.29. The van der Waals surface area contributed by atoms with Crippen LogP contribution < -0.4 is 0 Å². The van der Waals surface area contributed by atoms with E-state index in [0.29, 0.717) is 9.05 Å². The Labute approximate surface area is 109 Å². The van der Waals surface area contributed by atoms with Crippen LogP contribution in [0.5, 0.6) is 0 Å². The maximum atomic E-state index is 3.75. The average molecular weight is 341 g/mol. The third-order valence-electron chi connectivity index (χ3n) is 2.33. The van der Waals surface area contributed by atoms with Crippen LogP contribution in [0, 0.1) is 0 Å². The predicted molar refractivity (Wildman–Crippen MR) is 61.3 cm³/mol. The summed E-state index contributed by atoms with van der Waals surface area (Å²) in [5, 5.41) is 1.08. The van der Waals surface area contributed by atoms with Crippen molar-refractivity contribution >= 4 is 31.9 Å². The summed E-state index contributed by atoms with van der Waals surface area (Å²) in [5.74, 6) is 0. The summed E-state index contributed by atoms with van der Waals surface area (Å²) in [6.45, 7) is 2.21. The van der Waals surface area contributed by atoms with Gasteiger partial charge in [0, 0.05) is 0 Å². The van der Waals surface area contributed by atoms with Crippen molar-refractivity contribution in [2.45, 2.75) is 28.8 Å². The summed E-state index contributed by atoms with van der Waals surface area (Å²) in [6.07, 6.45) is 6.84. The van der Waals surface area contributed by atoms with Gasteiger partial charge in [0.05, 0.1) is 0 Å². The van der Waals surface area contributed by atoms with Crippen LogP contribution >= 0.6 is 31.9 Å². The molecule has 0 radical (unpaired) electrons. The van der Waals surface area contributed by atoms with E-state index in [1.807, 2.05) is 0 Å². The van der Waals surface area contributed by atoms with Gasteiger partial charge in [0.25, 0.3) is 0 Å². The zero-order valence-electron chi connectivity index (χ0n) is 7.69. The van der Waals surface area contributed by atoms with Gasteiger partial charge in [-0.2, -0.15) is 0 Å². The molecular formula is C10H13Br2Ti. The van der Waals surface area contributed by atoms with E-state index in [1.165, 1.54) is 12.0 Å².